The third kappa shape index (κ3) is 51.2. The predicted molar refractivity (Wildman–Crippen MR) is 279 cm³/mol. The monoisotopic (exact) mass is 903 g/mol. The van der Waals surface area contributed by atoms with Crippen molar-refractivity contribution >= 4 is 17.9 Å². The van der Waals surface area contributed by atoms with Gasteiger partial charge in [0.1, 0.15) is 13.2 Å². The first kappa shape index (κ1) is 61.3. The van der Waals surface area contributed by atoms with Gasteiger partial charge in [-0.05, 0) is 109 Å². The average Bonchev–Trinajstić information content (AvgIpc) is 3.30. The lowest BCUT2D eigenvalue weighted by Crippen LogP contribution is -2.30. The number of allylic oxidation sites excluding steroid dienone is 16. The van der Waals surface area contributed by atoms with Gasteiger partial charge in [-0.2, -0.15) is 0 Å². The largest absolute Gasteiger partial charge is 0.462 e. The molecule has 0 aliphatic rings. The number of rotatable bonds is 47. The van der Waals surface area contributed by atoms with Gasteiger partial charge in [0.2, 0.25) is 0 Å². The van der Waals surface area contributed by atoms with E-state index in [9.17, 15) is 14.4 Å². The number of hydrogen-bond acceptors (Lipinski definition) is 6. The van der Waals surface area contributed by atoms with Crippen LogP contribution in [0.2, 0.25) is 0 Å². The molecule has 1 atom stereocenters. The summed E-state index contributed by atoms with van der Waals surface area (Å²) in [5.74, 6) is -0.971. The molecular formula is C59H98O6. The fraction of sp³-hybridized carbons (Fsp3) is 0.678. The highest BCUT2D eigenvalue weighted by Crippen LogP contribution is 2.14. The second kappa shape index (κ2) is 52.9. The fourth-order valence-corrected chi connectivity index (χ4v) is 7.10. The highest BCUT2D eigenvalue weighted by Gasteiger charge is 2.19. The molecule has 1 unspecified atom stereocenters. The zero-order valence-electron chi connectivity index (χ0n) is 42.2. The summed E-state index contributed by atoms with van der Waals surface area (Å²) in [7, 11) is 0. The maximum atomic E-state index is 12.8. The van der Waals surface area contributed by atoms with Crippen LogP contribution in [0, 0.1) is 0 Å². The molecule has 0 aromatic carbocycles. The summed E-state index contributed by atoms with van der Waals surface area (Å²) in [6.07, 6.45) is 69.7. The SMILES string of the molecule is CC/C=C\C/C=C\C/C=C\CCCCCCCCCCCC(=O)OCC(COC(=O)CCC/C=C\C/C=C\C/C=C\CC)OC(=O)CCCCCCCCC/C=C\C/C=C\CCCCC. The summed E-state index contributed by atoms with van der Waals surface area (Å²) >= 11 is 0. The molecule has 0 fully saturated rings. The van der Waals surface area contributed by atoms with Crippen molar-refractivity contribution in [2.75, 3.05) is 13.2 Å². The zero-order chi connectivity index (χ0) is 47.2. The van der Waals surface area contributed by atoms with Crippen molar-refractivity contribution < 1.29 is 28.6 Å². The van der Waals surface area contributed by atoms with E-state index in [-0.39, 0.29) is 37.5 Å². The van der Waals surface area contributed by atoms with Crippen LogP contribution < -0.4 is 0 Å². The van der Waals surface area contributed by atoms with Gasteiger partial charge in [-0.3, -0.25) is 14.4 Å². The van der Waals surface area contributed by atoms with E-state index >= 15 is 0 Å². The number of esters is 3. The maximum absolute atomic E-state index is 12.8. The molecule has 0 N–H and O–H groups in total. The van der Waals surface area contributed by atoms with Crippen LogP contribution in [0.3, 0.4) is 0 Å². The van der Waals surface area contributed by atoms with E-state index in [1.165, 1.54) is 96.3 Å². The lowest BCUT2D eigenvalue weighted by Gasteiger charge is -2.18. The Morgan fingerprint density at radius 2 is 0.615 bits per heavy atom. The van der Waals surface area contributed by atoms with Crippen molar-refractivity contribution in [3.8, 4) is 0 Å². The molecule has 6 nitrogen and oxygen atoms in total. The van der Waals surface area contributed by atoms with E-state index in [0.29, 0.717) is 19.3 Å². The molecule has 0 saturated carbocycles. The molecule has 0 saturated heterocycles. The molecule has 0 aliphatic heterocycles. The van der Waals surface area contributed by atoms with Gasteiger partial charge in [-0.25, -0.2) is 0 Å². The molecule has 6 heteroatoms. The normalized spacial score (nSPS) is 12.8. The second-order valence-corrected chi connectivity index (χ2v) is 17.4. The minimum atomic E-state index is -0.804. The second-order valence-electron chi connectivity index (χ2n) is 17.4. The quantitative estimate of drug-likeness (QED) is 0.0262. The first-order valence-corrected chi connectivity index (χ1v) is 26.7. The molecule has 0 radical (unpaired) electrons. The van der Waals surface area contributed by atoms with Gasteiger partial charge < -0.3 is 14.2 Å². The topological polar surface area (TPSA) is 78.9 Å². The summed E-state index contributed by atoms with van der Waals surface area (Å²) in [4.78, 5) is 38.0. The van der Waals surface area contributed by atoms with Crippen molar-refractivity contribution in [3.63, 3.8) is 0 Å². The first-order valence-electron chi connectivity index (χ1n) is 26.7. The Morgan fingerprint density at radius 3 is 1.00 bits per heavy atom. The number of hydrogen-bond donors (Lipinski definition) is 0. The Kier molecular flexibility index (Phi) is 50.0. The number of unbranched alkanes of at least 4 members (excludes halogenated alkanes) is 20. The van der Waals surface area contributed by atoms with Gasteiger partial charge >= 0.3 is 17.9 Å². The average molecular weight is 903 g/mol. The molecule has 0 heterocycles. The van der Waals surface area contributed by atoms with Crippen LogP contribution in [-0.2, 0) is 28.6 Å². The molecule has 0 bridgehead atoms. The van der Waals surface area contributed by atoms with E-state index in [0.717, 1.165) is 96.3 Å². The van der Waals surface area contributed by atoms with Crippen LogP contribution in [0.25, 0.3) is 0 Å². The molecular weight excluding hydrogens is 805 g/mol. The van der Waals surface area contributed by atoms with Crippen molar-refractivity contribution in [1.29, 1.82) is 0 Å². The van der Waals surface area contributed by atoms with Crippen LogP contribution in [0.5, 0.6) is 0 Å². The van der Waals surface area contributed by atoms with Crippen molar-refractivity contribution in [1.82, 2.24) is 0 Å². The molecule has 0 aromatic heterocycles. The van der Waals surface area contributed by atoms with Crippen molar-refractivity contribution in [2.24, 2.45) is 0 Å². The van der Waals surface area contributed by atoms with E-state index < -0.39 is 6.10 Å². The molecule has 0 rings (SSSR count). The molecule has 0 aliphatic carbocycles. The van der Waals surface area contributed by atoms with E-state index in [1.807, 2.05) is 0 Å². The number of ether oxygens (including phenoxy) is 3. The van der Waals surface area contributed by atoms with Crippen LogP contribution in [0.4, 0.5) is 0 Å². The van der Waals surface area contributed by atoms with E-state index in [1.54, 1.807) is 0 Å². The van der Waals surface area contributed by atoms with Gasteiger partial charge in [0, 0.05) is 19.3 Å². The summed E-state index contributed by atoms with van der Waals surface area (Å²) in [6.45, 7) is 6.32. The highest BCUT2D eigenvalue weighted by molar-refractivity contribution is 5.71. The summed E-state index contributed by atoms with van der Waals surface area (Å²) in [5.41, 5.74) is 0. The minimum absolute atomic E-state index is 0.100. The van der Waals surface area contributed by atoms with Gasteiger partial charge in [0.05, 0.1) is 0 Å². The molecule has 0 spiro atoms. The Balaban J connectivity index is 4.41. The summed E-state index contributed by atoms with van der Waals surface area (Å²) in [5, 5.41) is 0. The predicted octanol–water partition coefficient (Wildman–Crippen LogP) is 17.8. The fourth-order valence-electron chi connectivity index (χ4n) is 7.10. The molecule has 65 heavy (non-hydrogen) atoms. The molecule has 370 valence electrons. The smallest absolute Gasteiger partial charge is 0.306 e. The minimum Gasteiger partial charge on any atom is -0.462 e. The third-order valence-corrected chi connectivity index (χ3v) is 11.1. The Labute approximate surface area is 400 Å². The van der Waals surface area contributed by atoms with E-state index in [4.69, 9.17) is 14.2 Å². The molecule has 0 aromatic rings. The standard InChI is InChI=1S/C59H98O6/c1-4-7-10-13-16-19-22-24-26-28-29-31-32-34-37-40-43-46-49-52-58(61)64-55-56(54-63-57(60)51-48-45-42-39-36-21-18-15-12-9-6-3)65-59(62)53-50-47-44-41-38-35-33-30-27-25-23-20-17-14-11-8-5-2/h7,9-10,12,16-21,24-27,39,42,56H,4-6,8,11,13-15,22-23,28-38,40-41,43-55H2,1-3H3/b10-7-,12-9-,19-16-,20-17-,21-18-,26-24-,27-25-,42-39-. The Bertz CT molecular complexity index is 1310. The van der Waals surface area contributed by atoms with Crippen LogP contribution >= 0.6 is 0 Å². The van der Waals surface area contributed by atoms with Crippen molar-refractivity contribution in [3.05, 3.63) is 97.2 Å². The van der Waals surface area contributed by atoms with Gasteiger partial charge in [0.15, 0.2) is 6.10 Å². The van der Waals surface area contributed by atoms with Crippen LogP contribution in [0.15, 0.2) is 97.2 Å². The maximum Gasteiger partial charge on any atom is 0.306 e. The van der Waals surface area contributed by atoms with Gasteiger partial charge in [0.25, 0.3) is 0 Å². The Hall–Kier alpha value is -3.67. The first-order chi connectivity index (χ1) is 32.0. The van der Waals surface area contributed by atoms with Crippen LogP contribution in [0.1, 0.15) is 239 Å². The summed E-state index contributed by atoms with van der Waals surface area (Å²) < 4.78 is 16.8. The highest BCUT2D eigenvalue weighted by atomic mass is 16.6. The molecule has 0 amide bonds. The van der Waals surface area contributed by atoms with Crippen molar-refractivity contribution in [2.45, 2.75) is 245 Å². The van der Waals surface area contributed by atoms with Gasteiger partial charge in [-0.15, -0.1) is 0 Å². The van der Waals surface area contributed by atoms with Gasteiger partial charge in [-0.1, -0.05) is 208 Å². The zero-order valence-corrected chi connectivity index (χ0v) is 42.2. The number of carbonyl (C=O) groups excluding carboxylic acids is 3. The number of carbonyl (C=O) groups is 3. The lowest BCUT2D eigenvalue weighted by molar-refractivity contribution is -0.167. The summed E-state index contributed by atoms with van der Waals surface area (Å²) in [6, 6.07) is 0. The third-order valence-electron chi connectivity index (χ3n) is 11.1. The Morgan fingerprint density at radius 1 is 0.323 bits per heavy atom. The van der Waals surface area contributed by atoms with E-state index in [2.05, 4.69) is 118 Å². The van der Waals surface area contributed by atoms with Crippen LogP contribution in [-0.4, -0.2) is 37.2 Å². The lowest BCUT2D eigenvalue weighted by atomic mass is 10.1.